The molecule has 0 aromatic heterocycles. The van der Waals surface area contributed by atoms with Gasteiger partial charge < -0.3 is 5.32 Å². The normalized spacial score (nSPS) is 23.1. The first-order valence-corrected chi connectivity index (χ1v) is 7.25. The lowest BCUT2D eigenvalue weighted by Crippen LogP contribution is -2.42. The first-order chi connectivity index (χ1) is 9.11. The summed E-state index contributed by atoms with van der Waals surface area (Å²) in [7, 11) is 0. The maximum Gasteiger partial charge on any atom is 0.254 e. The number of nitrogens with one attached hydrogen (secondary N) is 1. The van der Waals surface area contributed by atoms with Crippen molar-refractivity contribution in [2.45, 2.75) is 45.1 Å². The molecule has 4 heteroatoms. The average Bonchev–Trinajstić information content (AvgIpc) is 2.42. The van der Waals surface area contributed by atoms with Gasteiger partial charge in [0.25, 0.3) is 5.91 Å². The third kappa shape index (κ3) is 3.47. The molecule has 1 aromatic rings. The zero-order chi connectivity index (χ0) is 13.8. The van der Waals surface area contributed by atoms with Crippen LogP contribution in [0.4, 0.5) is 4.39 Å². The van der Waals surface area contributed by atoms with Crippen LogP contribution in [-0.2, 0) is 0 Å². The molecule has 19 heavy (non-hydrogen) atoms. The minimum Gasteiger partial charge on any atom is -0.349 e. The van der Waals surface area contributed by atoms with E-state index in [1.54, 1.807) is 0 Å². The van der Waals surface area contributed by atoms with E-state index in [1.807, 2.05) is 0 Å². The smallest absolute Gasteiger partial charge is 0.254 e. The molecule has 2 nitrogen and oxygen atoms in total. The van der Waals surface area contributed by atoms with Crippen LogP contribution in [0.1, 0.15) is 49.4 Å². The van der Waals surface area contributed by atoms with Crippen LogP contribution in [0.25, 0.3) is 0 Å². The fourth-order valence-corrected chi connectivity index (χ4v) is 2.98. The van der Waals surface area contributed by atoms with Crippen LogP contribution in [-0.4, -0.2) is 11.9 Å². The van der Waals surface area contributed by atoms with Gasteiger partial charge in [-0.3, -0.25) is 4.79 Å². The number of carbonyl (C=O) groups excluding carboxylic acids is 1. The second kappa shape index (κ2) is 6.38. The highest BCUT2D eigenvalue weighted by molar-refractivity contribution is 6.31. The molecule has 1 aliphatic carbocycles. The van der Waals surface area contributed by atoms with Gasteiger partial charge in [0.1, 0.15) is 5.82 Å². The number of hydrogen-bond acceptors (Lipinski definition) is 1. The Labute approximate surface area is 118 Å². The topological polar surface area (TPSA) is 29.1 Å². The highest BCUT2D eigenvalue weighted by Gasteiger charge is 2.26. The standard InChI is InChI=1S/C15H19ClFNO/c1-2-10-5-3-4-6-14(10)18-15(19)12-9-11(16)7-8-13(12)17/h7-10,14H,2-6H2,1H3,(H,18,19). The molecule has 1 N–H and O–H groups in total. The number of hydrogen-bond donors (Lipinski definition) is 1. The van der Waals surface area contributed by atoms with E-state index in [9.17, 15) is 9.18 Å². The van der Waals surface area contributed by atoms with Crippen LogP contribution in [0, 0.1) is 11.7 Å². The Hall–Kier alpha value is -1.09. The van der Waals surface area contributed by atoms with Crippen LogP contribution in [0.5, 0.6) is 0 Å². The Morgan fingerprint density at radius 2 is 2.16 bits per heavy atom. The second-order valence-corrected chi connectivity index (χ2v) is 5.59. The Morgan fingerprint density at radius 1 is 1.42 bits per heavy atom. The summed E-state index contributed by atoms with van der Waals surface area (Å²) in [6, 6.07) is 4.22. The van der Waals surface area contributed by atoms with Gasteiger partial charge in [-0.1, -0.05) is 37.8 Å². The van der Waals surface area contributed by atoms with Crippen LogP contribution in [0.3, 0.4) is 0 Å². The summed E-state index contributed by atoms with van der Waals surface area (Å²) in [5.74, 6) is -0.379. The van der Waals surface area contributed by atoms with Gasteiger partial charge in [0.15, 0.2) is 0 Å². The fraction of sp³-hybridized carbons (Fsp3) is 0.533. The molecule has 1 aromatic carbocycles. The van der Waals surface area contributed by atoms with Crippen molar-refractivity contribution >= 4 is 17.5 Å². The highest BCUT2D eigenvalue weighted by atomic mass is 35.5. The van der Waals surface area contributed by atoms with Crippen molar-refractivity contribution < 1.29 is 9.18 Å². The van der Waals surface area contributed by atoms with E-state index in [0.717, 1.165) is 25.7 Å². The lowest BCUT2D eigenvalue weighted by atomic mass is 9.83. The van der Waals surface area contributed by atoms with E-state index in [0.29, 0.717) is 10.9 Å². The Kier molecular flexibility index (Phi) is 4.81. The van der Waals surface area contributed by atoms with Crippen LogP contribution >= 0.6 is 11.6 Å². The van der Waals surface area contributed by atoms with Gasteiger partial charge in [-0.15, -0.1) is 0 Å². The molecule has 104 valence electrons. The lowest BCUT2D eigenvalue weighted by molar-refractivity contribution is 0.0900. The van der Waals surface area contributed by atoms with E-state index >= 15 is 0 Å². The molecule has 1 saturated carbocycles. The molecule has 0 bridgehead atoms. The molecule has 0 aliphatic heterocycles. The Morgan fingerprint density at radius 3 is 2.89 bits per heavy atom. The predicted molar refractivity (Wildman–Crippen MR) is 74.9 cm³/mol. The first-order valence-electron chi connectivity index (χ1n) is 6.87. The number of halogens is 2. The van der Waals surface area contributed by atoms with Crippen LogP contribution in [0.15, 0.2) is 18.2 Å². The largest absolute Gasteiger partial charge is 0.349 e. The average molecular weight is 284 g/mol. The number of carbonyl (C=O) groups is 1. The van der Waals surface area contributed by atoms with Crippen molar-refractivity contribution in [1.29, 1.82) is 0 Å². The second-order valence-electron chi connectivity index (χ2n) is 5.16. The molecule has 2 rings (SSSR count). The van der Waals surface area contributed by atoms with Gasteiger partial charge in [-0.05, 0) is 37.0 Å². The van der Waals surface area contributed by atoms with Crippen molar-refractivity contribution in [3.8, 4) is 0 Å². The van der Waals surface area contributed by atoms with Gasteiger partial charge in [0.05, 0.1) is 5.56 Å². The molecule has 0 saturated heterocycles. The zero-order valence-corrected chi connectivity index (χ0v) is 11.8. The summed E-state index contributed by atoms with van der Waals surface area (Å²) in [4.78, 5) is 12.1. The van der Waals surface area contributed by atoms with Crippen molar-refractivity contribution in [2.24, 2.45) is 5.92 Å². The van der Waals surface area contributed by atoms with Gasteiger partial charge in [0.2, 0.25) is 0 Å². The Bertz CT molecular complexity index is 463. The van der Waals surface area contributed by atoms with E-state index in [-0.39, 0.29) is 17.5 Å². The third-order valence-electron chi connectivity index (χ3n) is 3.92. The Balaban J connectivity index is 2.09. The van der Waals surface area contributed by atoms with Gasteiger partial charge in [-0.25, -0.2) is 4.39 Å². The molecule has 2 unspecified atom stereocenters. The summed E-state index contributed by atoms with van der Waals surface area (Å²) < 4.78 is 13.6. The summed E-state index contributed by atoms with van der Waals surface area (Å²) in [5.41, 5.74) is 0.0351. The number of benzene rings is 1. The molecule has 1 fully saturated rings. The molecule has 2 atom stereocenters. The molecule has 0 heterocycles. The quantitative estimate of drug-likeness (QED) is 0.886. The van der Waals surface area contributed by atoms with E-state index in [1.165, 1.54) is 24.6 Å². The van der Waals surface area contributed by atoms with Gasteiger partial charge in [0, 0.05) is 11.1 Å². The van der Waals surface area contributed by atoms with E-state index in [4.69, 9.17) is 11.6 Å². The van der Waals surface area contributed by atoms with Crippen molar-refractivity contribution in [2.75, 3.05) is 0 Å². The number of rotatable bonds is 3. The van der Waals surface area contributed by atoms with Crippen molar-refractivity contribution in [3.63, 3.8) is 0 Å². The van der Waals surface area contributed by atoms with E-state index in [2.05, 4.69) is 12.2 Å². The summed E-state index contributed by atoms with van der Waals surface area (Å²) in [6.45, 7) is 2.13. The van der Waals surface area contributed by atoms with Gasteiger partial charge >= 0.3 is 0 Å². The summed E-state index contributed by atoms with van der Waals surface area (Å²) in [5, 5.41) is 3.34. The summed E-state index contributed by atoms with van der Waals surface area (Å²) >= 11 is 5.81. The van der Waals surface area contributed by atoms with Gasteiger partial charge in [-0.2, -0.15) is 0 Å². The first kappa shape index (κ1) is 14.3. The monoisotopic (exact) mass is 283 g/mol. The molecule has 0 spiro atoms. The molecular weight excluding hydrogens is 265 g/mol. The molecule has 1 amide bonds. The molecular formula is C15H19ClFNO. The molecule has 0 radical (unpaired) electrons. The SMILES string of the molecule is CCC1CCCCC1NC(=O)c1cc(Cl)ccc1F. The minimum atomic E-state index is -0.522. The predicted octanol–water partition coefficient (Wildman–Crippen LogP) is 4.18. The maximum absolute atomic E-state index is 13.6. The molecule has 1 aliphatic rings. The minimum absolute atomic E-state index is 0.0351. The maximum atomic E-state index is 13.6. The lowest BCUT2D eigenvalue weighted by Gasteiger charge is -2.31. The van der Waals surface area contributed by atoms with Crippen molar-refractivity contribution in [3.05, 3.63) is 34.6 Å². The van der Waals surface area contributed by atoms with Crippen molar-refractivity contribution in [1.82, 2.24) is 5.32 Å². The highest BCUT2D eigenvalue weighted by Crippen LogP contribution is 2.27. The zero-order valence-electron chi connectivity index (χ0n) is 11.1. The summed E-state index contributed by atoms with van der Waals surface area (Å²) in [6.07, 6.45) is 5.50. The van der Waals surface area contributed by atoms with Crippen LogP contribution in [0.2, 0.25) is 5.02 Å². The van der Waals surface area contributed by atoms with E-state index < -0.39 is 5.82 Å². The number of amides is 1. The third-order valence-corrected chi connectivity index (χ3v) is 4.16. The van der Waals surface area contributed by atoms with Crippen LogP contribution < -0.4 is 5.32 Å². The fourth-order valence-electron chi connectivity index (χ4n) is 2.80.